The van der Waals surface area contributed by atoms with Crippen molar-refractivity contribution in [3.63, 3.8) is 0 Å². The molecule has 25 heavy (non-hydrogen) atoms. The predicted octanol–water partition coefficient (Wildman–Crippen LogP) is 4.77. The summed E-state index contributed by atoms with van der Waals surface area (Å²) in [6.45, 7) is 2.88. The third-order valence-electron chi connectivity index (χ3n) is 3.69. The maximum atomic E-state index is 12.0. The van der Waals surface area contributed by atoms with Crippen LogP contribution in [0.2, 0.25) is 5.02 Å². The van der Waals surface area contributed by atoms with E-state index in [4.69, 9.17) is 11.6 Å². The quantitative estimate of drug-likeness (QED) is 0.678. The fourth-order valence-electron chi connectivity index (χ4n) is 2.30. The number of hydrogen-bond donors (Lipinski definition) is 2. The van der Waals surface area contributed by atoms with Gasteiger partial charge in [-0.2, -0.15) is 0 Å². The molecule has 2 amide bonds. The number of aryl methyl sites for hydroxylation is 1. The lowest BCUT2D eigenvalue weighted by Crippen LogP contribution is -2.34. The standard InChI is InChI=1S/C19H18ClN3OS/c1-13-17(25-18(23-13)15-5-3-2-4-6-15)12-22-19(24)21-11-14-7-9-16(20)10-8-14/h2-10H,11-12H2,1H3,(H2,21,22,24). The average molecular weight is 372 g/mol. The molecule has 0 radical (unpaired) electrons. The predicted molar refractivity (Wildman–Crippen MR) is 103 cm³/mol. The Kier molecular flexibility index (Phi) is 5.68. The molecule has 0 saturated carbocycles. The zero-order chi connectivity index (χ0) is 17.6. The monoisotopic (exact) mass is 371 g/mol. The number of thiazole rings is 1. The average Bonchev–Trinajstić information content (AvgIpc) is 3.01. The maximum Gasteiger partial charge on any atom is 0.315 e. The fraction of sp³-hybridized carbons (Fsp3) is 0.158. The van der Waals surface area contributed by atoms with Crippen molar-refractivity contribution in [2.45, 2.75) is 20.0 Å². The molecule has 128 valence electrons. The van der Waals surface area contributed by atoms with E-state index in [1.54, 1.807) is 11.3 Å². The molecule has 0 unspecified atom stereocenters. The smallest absolute Gasteiger partial charge is 0.315 e. The molecule has 0 aliphatic heterocycles. The van der Waals surface area contributed by atoms with Crippen LogP contribution in [-0.2, 0) is 13.1 Å². The number of rotatable bonds is 5. The number of nitrogens with zero attached hydrogens (tertiary/aromatic N) is 1. The minimum atomic E-state index is -0.205. The molecule has 4 nitrogen and oxygen atoms in total. The minimum Gasteiger partial charge on any atom is -0.334 e. The summed E-state index contributed by atoms with van der Waals surface area (Å²) in [6.07, 6.45) is 0. The highest BCUT2D eigenvalue weighted by atomic mass is 35.5. The zero-order valence-electron chi connectivity index (χ0n) is 13.8. The number of amides is 2. The van der Waals surface area contributed by atoms with E-state index in [1.165, 1.54) is 0 Å². The molecule has 1 aromatic heterocycles. The lowest BCUT2D eigenvalue weighted by Gasteiger charge is -2.07. The lowest BCUT2D eigenvalue weighted by molar-refractivity contribution is 0.240. The van der Waals surface area contributed by atoms with E-state index in [1.807, 2.05) is 61.5 Å². The van der Waals surface area contributed by atoms with Gasteiger partial charge in [0.05, 0.1) is 12.2 Å². The highest BCUT2D eigenvalue weighted by Gasteiger charge is 2.10. The van der Waals surface area contributed by atoms with E-state index < -0.39 is 0 Å². The summed E-state index contributed by atoms with van der Waals surface area (Å²) in [5.74, 6) is 0. The molecule has 0 saturated heterocycles. The van der Waals surface area contributed by atoms with Crippen molar-refractivity contribution in [1.29, 1.82) is 0 Å². The first-order valence-electron chi connectivity index (χ1n) is 7.89. The minimum absolute atomic E-state index is 0.205. The number of nitrogens with one attached hydrogen (secondary N) is 2. The summed E-state index contributed by atoms with van der Waals surface area (Å²) in [5.41, 5.74) is 3.04. The van der Waals surface area contributed by atoms with Gasteiger partial charge in [0.15, 0.2) is 0 Å². The highest BCUT2D eigenvalue weighted by Crippen LogP contribution is 2.27. The Bertz CT molecular complexity index is 847. The van der Waals surface area contributed by atoms with Crippen LogP contribution in [0.5, 0.6) is 0 Å². The third kappa shape index (κ3) is 4.81. The Morgan fingerprint density at radius 3 is 2.44 bits per heavy atom. The second-order valence-corrected chi connectivity index (χ2v) is 7.08. The maximum absolute atomic E-state index is 12.0. The Morgan fingerprint density at radius 1 is 1.04 bits per heavy atom. The van der Waals surface area contributed by atoms with E-state index in [9.17, 15) is 4.79 Å². The second-order valence-electron chi connectivity index (χ2n) is 5.56. The van der Waals surface area contributed by atoms with Crippen LogP contribution in [0.1, 0.15) is 16.1 Å². The van der Waals surface area contributed by atoms with Crippen LogP contribution in [0.3, 0.4) is 0 Å². The number of benzene rings is 2. The second kappa shape index (κ2) is 8.14. The van der Waals surface area contributed by atoms with Crippen molar-refractivity contribution in [2.75, 3.05) is 0 Å². The van der Waals surface area contributed by atoms with Gasteiger partial charge in [-0.15, -0.1) is 11.3 Å². The first-order chi connectivity index (χ1) is 12.1. The van der Waals surface area contributed by atoms with Crippen LogP contribution in [-0.4, -0.2) is 11.0 Å². The van der Waals surface area contributed by atoms with E-state index in [0.29, 0.717) is 18.1 Å². The molecule has 2 aromatic carbocycles. The van der Waals surface area contributed by atoms with E-state index in [0.717, 1.165) is 26.7 Å². The van der Waals surface area contributed by atoms with Crippen molar-refractivity contribution < 1.29 is 4.79 Å². The molecule has 0 bridgehead atoms. The van der Waals surface area contributed by atoms with E-state index in [2.05, 4.69) is 15.6 Å². The summed E-state index contributed by atoms with van der Waals surface area (Å²) in [6, 6.07) is 17.2. The van der Waals surface area contributed by atoms with Crippen molar-refractivity contribution >= 4 is 29.0 Å². The summed E-state index contributed by atoms with van der Waals surface area (Å²) in [7, 11) is 0. The van der Waals surface area contributed by atoms with Crippen LogP contribution >= 0.6 is 22.9 Å². The fourth-order valence-corrected chi connectivity index (χ4v) is 3.44. The summed E-state index contributed by atoms with van der Waals surface area (Å²) in [4.78, 5) is 17.6. The van der Waals surface area contributed by atoms with Gasteiger partial charge in [0, 0.05) is 22.0 Å². The van der Waals surface area contributed by atoms with Gasteiger partial charge in [-0.3, -0.25) is 0 Å². The molecule has 0 fully saturated rings. The largest absolute Gasteiger partial charge is 0.334 e. The Morgan fingerprint density at radius 2 is 1.72 bits per heavy atom. The van der Waals surface area contributed by atoms with Gasteiger partial charge in [0.2, 0.25) is 0 Å². The number of urea groups is 1. The van der Waals surface area contributed by atoms with Gasteiger partial charge < -0.3 is 10.6 Å². The van der Waals surface area contributed by atoms with Gasteiger partial charge in [0.25, 0.3) is 0 Å². The van der Waals surface area contributed by atoms with Crippen LogP contribution in [0, 0.1) is 6.92 Å². The lowest BCUT2D eigenvalue weighted by atomic mass is 10.2. The molecule has 0 aliphatic carbocycles. The zero-order valence-corrected chi connectivity index (χ0v) is 15.3. The molecule has 0 spiro atoms. The van der Waals surface area contributed by atoms with Gasteiger partial charge in [-0.1, -0.05) is 54.1 Å². The SMILES string of the molecule is Cc1nc(-c2ccccc2)sc1CNC(=O)NCc1ccc(Cl)cc1. The molecule has 3 rings (SSSR count). The Hall–Kier alpha value is -2.37. The molecule has 6 heteroatoms. The molecule has 0 atom stereocenters. The van der Waals surface area contributed by atoms with Crippen molar-refractivity contribution in [3.05, 3.63) is 75.8 Å². The van der Waals surface area contributed by atoms with Crippen molar-refractivity contribution in [2.24, 2.45) is 0 Å². The van der Waals surface area contributed by atoms with Gasteiger partial charge in [0.1, 0.15) is 5.01 Å². The summed E-state index contributed by atoms with van der Waals surface area (Å²) < 4.78 is 0. The molecule has 2 N–H and O–H groups in total. The number of carbonyl (C=O) groups excluding carboxylic acids is 1. The summed E-state index contributed by atoms with van der Waals surface area (Å²) in [5, 5.41) is 7.37. The van der Waals surface area contributed by atoms with Crippen LogP contribution < -0.4 is 10.6 Å². The highest BCUT2D eigenvalue weighted by molar-refractivity contribution is 7.15. The van der Waals surface area contributed by atoms with Crippen LogP contribution in [0.25, 0.3) is 10.6 Å². The molecular formula is C19H18ClN3OS. The van der Waals surface area contributed by atoms with Gasteiger partial charge >= 0.3 is 6.03 Å². The number of aromatic nitrogens is 1. The van der Waals surface area contributed by atoms with Crippen LogP contribution in [0.15, 0.2) is 54.6 Å². The number of halogens is 1. The number of hydrogen-bond acceptors (Lipinski definition) is 3. The van der Waals surface area contributed by atoms with E-state index in [-0.39, 0.29) is 6.03 Å². The molecular weight excluding hydrogens is 354 g/mol. The van der Waals surface area contributed by atoms with E-state index >= 15 is 0 Å². The van der Waals surface area contributed by atoms with Gasteiger partial charge in [-0.05, 0) is 24.6 Å². The number of carbonyl (C=O) groups is 1. The Balaban J connectivity index is 1.53. The third-order valence-corrected chi connectivity index (χ3v) is 5.15. The van der Waals surface area contributed by atoms with Crippen molar-refractivity contribution in [3.8, 4) is 10.6 Å². The molecule has 3 aromatic rings. The molecule has 1 heterocycles. The van der Waals surface area contributed by atoms with Crippen LogP contribution in [0.4, 0.5) is 4.79 Å². The Labute approximate surface area is 155 Å². The normalized spacial score (nSPS) is 10.5. The van der Waals surface area contributed by atoms with Crippen molar-refractivity contribution in [1.82, 2.24) is 15.6 Å². The first kappa shape index (κ1) is 17.5. The van der Waals surface area contributed by atoms with Gasteiger partial charge in [-0.25, -0.2) is 9.78 Å². The first-order valence-corrected chi connectivity index (χ1v) is 9.09. The topological polar surface area (TPSA) is 54.0 Å². The summed E-state index contributed by atoms with van der Waals surface area (Å²) >= 11 is 7.45. The molecule has 0 aliphatic rings.